The van der Waals surface area contributed by atoms with Gasteiger partial charge in [-0.2, -0.15) is 0 Å². The van der Waals surface area contributed by atoms with Gasteiger partial charge in [0.25, 0.3) is 0 Å². The van der Waals surface area contributed by atoms with Crippen molar-refractivity contribution in [1.82, 2.24) is 0 Å². The van der Waals surface area contributed by atoms with E-state index in [9.17, 15) is 4.79 Å². The Morgan fingerprint density at radius 2 is 1.59 bits per heavy atom. The molecule has 0 saturated heterocycles. The Labute approximate surface area is 129 Å². The second kappa shape index (κ2) is 5.49. The Morgan fingerprint density at radius 1 is 0.941 bits per heavy atom. The first-order valence-corrected chi connectivity index (χ1v) is 5.42. The SMILES string of the molecule is Br.O=C1c2[c-]c(Br)ccc2-c2ccccc21.[Fe]. The molecule has 1 aliphatic carbocycles. The van der Waals surface area contributed by atoms with E-state index in [0.29, 0.717) is 5.56 Å². The van der Waals surface area contributed by atoms with Crippen LogP contribution in [0.25, 0.3) is 11.1 Å². The van der Waals surface area contributed by atoms with Crippen molar-refractivity contribution in [3.63, 3.8) is 0 Å². The van der Waals surface area contributed by atoms with Crippen molar-refractivity contribution < 1.29 is 21.9 Å². The predicted molar refractivity (Wildman–Crippen MR) is 72.2 cm³/mol. The smallest absolute Gasteiger partial charge is 0.108 e. The van der Waals surface area contributed by atoms with Crippen LogP contribution < -0.4 is 0 Å². The first-order chi connectivity index (χ1) is 7.27. The molecule has 0 N–H and O–H groups in total. The molecular formula is C13H7Br2FeO-. The molecule has 0 heterocycles. The average molecular weight is 395 g/mol. The van der Waals surface area contributed by atoms with Crippen molar-refractivity contribution in [2.75, 3.05) is 0 Å². The largest absolute Gasteiger partial charge is 0.346 e. The molecule has 0 bridgehead atoms. The van der Waals surface area contributed by atoms with Gasteiger partial charge in [-0.3, -0.25) is 0 Å². The van der Waals surface area contributed by atoms with Gasteiger partial charge in [0.05, 0.1) is 0 Å². The maximum atomic E-state index is 12.0. The topological polar surface area (TPSA) is 17.1 Å². The summed E-state index contributed by atoms with van der Waals surface area (Å²) in [5.74, 6) is 0.0712. The number of benzene rings is 2. The molecule has 88 valence electrons. The van der Waals surface area contributed by atoms with Gasteiger partial charge in [0, 0.05) is 17.1 Å². The fourth-order valence-electron chi connectivity index (χ4n) is 1.92. The Morgan fingerprint density at radius 3 is 2.29 bits per heavy atom. The summed E-state index contributed by atoms with van der Waals surface area (Å²) in [5.41, 5.74) is 3.45. The van der Waals surface area contributed by atoms with E-state index in [4.69, 9.17) is 0 Å². The molecular weight excluding hydrogens is 388 g/mol. The quantitative estimate of drug-likeness (QED) is 0.415. The van der Waals surface area contributed by atoms with Crippen molar-refractivity contribution in [2.24, 2.45) is 0 Å². The summed E-state index contributed by atoms with van der Waals surface area (Å²) in [7, 11) is 0. The van der Waals surface area contributed by atoms with E-state index >= 15 is 0 Å². The zero-order chi connectivity index (χ0) is 10.4. The Kier molecular flexibility index (Phi) is 4.73. The van der Waals surface area contributed by atoms with Gasteiger partial charge in [0.1, 0.15) is 5.78 Å². The summed E-state index contributed by atoms with van der Waals surface area (Å²) in [6.07, 6.45) is 0. The van der Waals surface area contributed by atoms with Crippen LogP contribution in [-0.2, 0) is 17.1 Å². The van der Waals surface area contributed by atoms with Crippen molar-refractivity contribution >= 4 is 38.7 Å². The minimum absolute atomic E-state index is 0. The van der Waals surface area contributed by atoms with E-state index in [0.717, 1.165) is 21.2 Å². The summed E-state index contributed by atoms with van der Waals surface area (Å²) in [6, 6.07) is 14.6. The third kappa shape index (κ3) is 2.27. The minimum Gasteiger partial charge on any atom is -0.346 e. The van der Waals surface area contributed by atoms with Crippen molar-refractivity contribution in [3.8, 4) is 11.1 Å². The Bertz CT molecular complexity index is 581. The fraction of sp³-hybridized carbons (Fsp3) is 0. The molecule has 0 aliphatic heterocycles. The first-order valence-electron chi connectivity index (χ1n) is 4.63. The van der Waals surface area contributed by atoms with Crippen LogP contribution in [0.5, 0.6) is 0 Å². The van der Waals surface area contributed by atoms with Crippen LogP contribution in [-0.4, -0.2) is 5.78 Å². The molecule has 2 aromatic carbocycles. The number of carbonyl (C=O) groups excluding carboxylic acids is 1. The summed E-state index contributed by atoms with van der Waals surface area (Å²) in [5, 5.41) is 0. The van der Waals surface area contributed by atoms with E-state index in [2.05, 4.69) is 22.0 Å². The standard InChI is InChI=1S/C13H6BrO.BrH.Fe/c14-8-5-6-10-9-3-1-2-4-11(9)13(15)12(10)7-8;;/h1-6H;1H;/q-1;;. The second-order valence-corrected chi connectivity index (χ2v) is 4.32. The van der Waals surface area contributed by atoms with E-state index < -0.39 is 0 Å². The summed E-state index contributed by atoms with van der Waals surface area (Å²) >= 11 is 3.33. The van der Waals surface area contributed by atoms with Crippen LogP contribution in [0.15, 0.2) is 40.9 Å². The van der Waals surface area contributed by atoms with Gasteiger partial charge in [0.15, 0.2) is 0 Å². The Hall–Kier alpha value is -0.411. The van der Waals surface area contributed by atoms with Gasteiger partial charge in [-0.25, -0.2) is 0 Å². The first kappa shape index (κ1) is 14.6. The van der Waals surface area contributed by atoms with Gasteiger partial charge in [-0.1, -0.05) is 61.4 Å². The number of hydrogen-bond acceptors (Lipinski definition) is 1. The van der Waals surface area contributed by atoms with E-state index in [1.807, 2.05) is 36.4 Å². The van der Waals surface area contributed by atoms with Crippen LogP contribution in [0.3, 0.4) is 0 Å². The van der Waals surface area contributed by atoms with Crippen molar-refractivity contribution in [1.29, 1.82) is 0 Å². The average Bonchev–Trinajstić information content (AvgIpc) is 2.54. The van der Waals surface area contributed by atoms with E-state index in [1.54, 1.807) is 0 Å². The van der Waals surface area contributed by atoms with Gasteiger partial charge in [-0.15, -0.1) is 35.2 Å². The molecule has 0 amide bonds. The third-order valence-electron chi connectivity index (χ3n) is 2.60. The maximum absolute atomic E-state index is 12.0. The predicted octanol–water partition coefficient (Wildman–Crippen LogP) is 4.04. The van der Waals surface area contributed by atoms with Gasteiger partial charge < -0.3 is 4.79 Å². The second-order valence-electron chi connectivity index (χ2n) is 3.47. The van der Waals surface area contributed by atoms with Gasteiger partial charge >= 0.3 is 0 Å². The fourth-order valence-corrected chi connectivity index (χ4v) is 2.25. The molecule has 1 nitrogen and oxygen atoms in total. The normalized spacial score (nSPS) is 11.0. The van der Waals surface area contributed by atoms with Crippen LogP contribution in [0.4, 0.5) is 0 Å². The third-order valence-corrected chi connectivity index (χ3v) is 3.06. The molecule has 1 aliphatic rings. The summed E-state index contributed by atoms with van der Waals surface area (Å²) in [4.78, 5) is 12.0. The maximum Gasteiger partial charge on any atom is 0.108 e. The number of ketones is 1. The number of carbonyl (C=O) groups is 1. The molecule has 0 radical (unpaired) electrons. The summed E-state index contributed by atoms with van der Waals surface area (Å²) < 4.78 is 0.822. The number of halogens is 2. The van der Waals surface area contributed by atoms with E-state index in [1.165, 1.54) is 0 Å². The number of hydrogen-bond donors (Lipinski definition) is 0. The zero-order valence-corrected chi connectivity index (χ0v) is 12.9. The molecule has 4 heteroatoms. The van der Waals surface area contributed by atoms with E-state index in [-0.39, 0.29) is 39.8 Å². The van der Waals surface area contributed by atoms with Crippen LogP contribution >= 0.6 is 32.9 Å². The van der Waals surface area contributed by atoms with Crippen molar-refractivity contribution in [3.05, 3.63) is 58.1 Å². The molecule has 0 unspecified atom stereocenters. The molecule has 17 heavy (non-hydrogen) atoms. The molecule has 0 spiro atoms. The summed E-state index contributed by atoms with van der Waals surface area (Å²) in [6.45, 7) is 0. The van der Waals surface area contributed by atoms with Crippen LogP contribution in [0.1, 0.15) is 15.9 Å². The molecule has 0 aromatic heterocycles. The molecule has 0 saturated carbocycles. The number of fused-ring (bicyclic) bond motifs is 3. The molecule has 3 rings (SSSR count). The van der Waals surface area contributed by atoms with Crippen LogP contribution in [0, 0.1) is 6.07 Å². The monoisotopic (exact) mass is 393 g/mol. The van der Waals surface area contributed by atoms with Crippen LogP contribution in [0.2, 0.25) is 0 Å². The van der Waals surface area contributed by atoms with Gasteiger partial charge in [-0.05, 0) is 5.56 Å². The van der Waals surface area contributed by atoms with Crippen molar-refractivity contribution in [2.45, 2.75) is 0 Å². The number of rotatable bonds is 0. The molecule has 0 fully saturated rings. The minimum atomic E-state index is 0. The Balaban J connectivity index is 0.000000722. The molecule has 0 atom stereocenters. The zero-order valence-electron chi connectivity index (χ0n) is 8.51. The van der Waals surface area contributed by atoms with Gasteiger partial charge in [0.2, 0.25) is 0 Å². The molecule has 2 aromatic rings.